The lowest BCUT2D eigenvalue weighted by molar-refractivity contribution is -0.142. The van der Waals surface area contributed by atoms with E-state index in [-0.39, 0.29) is 11.9 Å². The maximum absolute atomic E-state index is 13.1. The molecule has 0 radical (unpaired) electrons. The van der Waals surface area contributed by atoms with Gasteiger partial charge in [-0.1, -0.05) is 6.92 Å². The summed E-state index contributed by atoms with van der Waals surface area (Å²) in [6, 6.07) is 3.20. The summed E-state index contributed by atoms with van der Waals surface area (Å²) in [6.07, 6.45) is 7.31. The van der Waals surface area contributed by atoms with E-state index < -0.39 is 12.0 Å². The Labute approximate surface area is 194 Å². The normalized spacial score (nSPS) is 18.9. The zero-order chi connectivity index (χ0) is 23.5. The number of esters is 1. The van der Waals surface area contributed by atoms with Gasteiger partial charge in [-0.15, -0.1) is 0 Å². The molecule has 2 aliphatic rings. The molecule has 2 fully saturated rings. The Kier molecular flexibility index (Phi) is 6.85. The van der Waals surface area contributed by atoms with Crippen molar-refractivity contribution in [3.63, 3.8) is 0 Å². The second-order valence-electron chi connectivity index (χ2n) is 9.28. The van der Waals surface area contributed by atoms with Crippen LogP contribution in [0.15, 0.2) is 24.5 Å². The minimum absolute atomic E-state index is 0.0558. The van der Waals surface area contributed by atoms with Gasteiger partial charge in [-0.2, -0.15) is 5.10 Å². The second-order valence-corrected chi connectivity index (χ2v) is 9.28. The number of ether oxygens (including phenoxy) is 1. The summed E-state index contributed by atoms with van der Waals surface area (Å²) < 4.78 is 6.43. The van der Waals surface area contributed by atoms with Crippen LogP contribution >= 0.6 is 0 Å². The summed E-state index contributed by atoms with van der Waals surface area (Å²) >= 11 is 0. The number of carbonyl (C=O) groups excluding carboxylic acids is 3. The van der Waals surface area contributed by atoms with Gasteiger partial charge >= 0.3 is 12.0 Å². The first-order chi connectivity index (χ1) is 15.9. The van der Waals surface area contributed by atoms with Gasteiger partial charge in [0.25, 0.3) is 5.91 Å². The van der Waals surface area contributed by atoms with Gasteiger partial charge in [-0.05, 0) is 62.1 Å². The number of fused-ring (bicyclic) bond motifs is 1. The zero-order valence-corrected chi connectivity index (χ0v) is 19.6. The number of likely N-dealkylation sites (tertiary alicyclic amines) is 2. The third-order valence-corrected chi connectivity index (χ3v) is 7.00. The second kappa shape index (κ2) is 9.80. The fourth-order valence-corrected chi connectivity index (χ4v) is 4.73. The Morgan fingerprint density at radius 1 is 1.09 bits per heavy atom. The lowest BCUT2D eigenvalue weighted by atomic mass is 9.89. The molecule has 178 valence electrons. The van der Waals surface area contributed by atoms with E-state index >= 15 is 0 Å². The number of pyridine rings is 1. The van der Waals surface area contributed by atoms with Gasteiger partial charge < -0.3 is 19.9 Å². The lowest BCUT2D eigenvalue weighted by Crippen LogP contribution is -2.49. The van der Waals surface area contributed by atoms with E-state index in [4.69, 9.17) is 0 Å². The van der Waals surface area contributed by atoms with Crippen LogP contribution in [-0.4, -0.2) is 76.7 Å². The Hall–Kier alpha value is -3.10. The fraction of sp³-hybridized carbons (Fsp3) is 0.583. The first-order valence-electron chi connectivity index (χ1n) is 11.8. The third kappa shape index (κ3) is 4.96. The van der Waals surface area contributed by atoms with E-state index in [1.807, 2.05) is 11.1 Å². The van der Waals surface area contributed by atoms with Crippen molar-refractivity contribution in [3.8, 4) is 0 Å². The van der Waals surface area contributed by atoms with Crippen molar-refractivity contribution in [2.75, 3.05) is 33.3 Å². The van der Waals surface area contributed by atoms with E-state index in [1.165, 1.54) is 7.11 Å². The molecule has 9 heteroatoms. The van der Waals surface area contributed by atoms with Gasteiger partial charge in [0.1, 0.15) is 6.04 Å². The Morgan fingerprint density at radius 3 is 2.42 bits per heavy atom. The molecule has 9 nitrogen and oxygen atoms in total. The van der Waals surface area contributed by atoms with Crippen molar-refractivity contribution < 1.29 is 19.1 Å². The SMILES string of the molecule is COC(=O)C(C)NC(=O)N1CCC(c2ccn3ncc(C(=O)N4CCC(C)CC4)c3c2)CC1. The standard InChI is InChI=1S/C24H33N5O4/c1-16-4-9-27(10-5-16)22(30)20-15-25-29-13-8-19(14-21(20)29)18-6-11-28(12-7-18)24(32)26-17(2)23(31)33-3/h8,13-18H,4-7,9-12H2,1-3H3,(H,26,32). The molecule has 1 N–H and O–H groups in total. The number of amides is 3. The largest absolute Gasteiger partial charge is 0.467 e. The average molecular weight is 456 g/mol. The summed E-state index contributed by atoms with van der Waals surface area (Å²) in [4.78, 5) is 40.8. The van der Waals surface area contributed by atoms with Crippen LogP contribution in [-0.2, 0) is 9.53 Å². The Bertz CT molecular complexity index is 1020. The molecule has 2 aromatic rings. The molecule has 2 saturated heterocycles. The highest BCUT2D eigenvalue weighted by atomic mass is 16.5. The summed E-state index contributed by atoms with van der Waals surface area (Å²) in [5.41, 5.74) is 2.65. The van der Waals surface area contributed by atoms with E-state index in [9.17, 15) is 14.4 Å². The zero-order valence-electron chi connectivity index (χ0n) is 19.6. The molecule has 0 aliphatic carbocycles. The molecular formula is C24H33N5O4. The highest BCUT2D eigenvalue weighted by molar-refractivity contribution is 6.00. The highest BCUT2D eigenvalue weighted by Crippen LogP contribution is 2.30. The van der Waals surface area contributed by atoms with Gasteiger partial charge in [0, 0.05) is 32.4 Å². The van der Waals surface area contributed by atoms with Crippen LogP contribution in [0.5, 0.6) is 0 Å². The van der Waals surface area contributed by atoms with Crippen LogP contribution in [0.1, 0.15) is 61.4 Å². The number of nitrogens with one attached hydrogen (secondary N) is 1. The molecular weight excluding hydrogens is 422 g/mol. The molecule has 0 bridgehead atoms. The maximum atomic E-state index is 13.1. The van der Waals surface area contributed by atoms with Crippen LogP contribution in [0.3, 0.4) is 0 Å². The van der Waals surface area contributed by atoms with Crippen molar-refractivity contribution in [1.82, 2.24) is 24.7 Å². The number of nitrogens with zero attached hydrogens (tertiary/aromatic N) is 4. The van der Waals surface area contributed by atoms with Crippen molar-refractivity contribution in [2.24, 2.45) is 5.92 Å². The molecule has 3 amide bonds. The molecule has 2 aliphatic heterocycles. The number of carbonyl (C=O) groups is 3. The van der Waals surface area contributed by atoms with Gasteiger partial charge in [-0.3, -0.25) is 4.79 Å². The monoisotopic (exact) mass is 455 g/mol. The van der Waals surface area contributed by atoms with Gasteiger partial charge in [0.15, 0.2) is 0 Å². The van der Waals surface area contributed by atoms with Crippen molar-refractivity contribution in [2.45, 2.75) is 51.5 Å². The molecule has 0 spiro atoms. The predicted octanol–water partition coefficient (Wildman–Crippen LogP) is 2.66. The average Bonchev–Trinajstić information content (AvgIpc) is 3.26. The number of rotatable bonds is 4. The lowest BCUT2D eigenvalue weighted by Gasteiger charge is -2.33. The number of urea groups is 1. The third-order valence-electron chi connectivity index (χ3n) is 7.00. The van der Waals surface area contributed by atoms with Gasteiger partial charge in [-0.25, -0.2) is 14.1 Å². The summed E-state index contributed by atoms with van der Waals surface area (Å²) in [7, 11) is 1.31. The minimum atomic E-state index is -0.677. The predicted molar refractivity (Wildman–Crippen MR) is 123 cm³/mol. The van der Waals surface area contributed by atoms with Crippen LogP contribution < -0.4 is 5.32 Å². The fourth-order valence-electron chi connectivity index (χ4n) is 4.73. The molecule has 1 atom stereocenters. The van der Waals surface area contributed by atoms with Crippen molar-refractivity contribution >= 4 is 23.4 Å². The van der Waals surface area contributed by atoms with Crippen LogP contribution in [0.2, 0.25) is 0 Å². The summed E-state index contributed by atoms with van der Waals surface area (Å²) in [6.45, 7) is 6.65. The number of hydrogen-bond donors (Lipinski definition) is 1. The van der Waals surface area contributed by atoms with Gasteiger partial charge in [0.05, 0.1) is 24.4 Å². The molecule has 1 unspecified atom stereocenters. The van der Waals surface area contributed by atoms with Gasteiger partial charge in [0.2, 0.25) is 0 Å². The number of hydrogen-bond acceptors (Lipinski definition) is 5. The van der Waals surface area contributed by atoms with E-state index in [1.54, 1.807) is 22.5 Å². The number of piperidine rings is 2. The van der Waals surface area contributed by atoms with Crippen molar-refractivity contribution in [3.05, 3.63) is 35.7 Å². The first-order valence-corrected chi connectivity index (χ1v) is 11.8. The molecule has 4 heterocycles. The summed E-state index contributed by atoms with van der Waals surface area (Å²) in [5, 5.41) is 7.08. The maximum Gasteiger partial charge on any atom is 0.328 e. The molecule has 0 aromatic carbocycles. The van der Waals surface area contributed by atoms with E-state index in [0.29, 0.717) is 30.5 Å². The van der Waals surface area contributed by atoms with Crippen LogP contribution in [0.25, 0.3) is 5.52 Å². The minimum Gasteiger partial charge on any atom is -0.467 e. The quantitative estimate of drug-likeness (QED) is 0.715. The number of methoxy groups -OCH3 is 1. The molecule has 0 saturated carbocycles. The van der Waals surface area contributed by atoms with E-state index in [2.05, 4.69) is 34.2 Å². The molecule has 2 aromatic heterocycles. The first kappa shape index (κ1) is 23.1. The van der Waals surface area contributed by atoms with Crippen LogP contribution in [0.4, 0.5) is 4.79 Å². The Balaban J connectivity index is 1.41. The highest BCUT2D eigenvalue weighted by Gasteiger charge is 2.28. The van der Waals surface area contributed by atoms with Crippen molar-refractivity contribution in [1.29, 1.82) is 0 Å². The topological polar surface area (TPSA) is 96.2 Å². The smallest absolute Gasteiger partial charge is 0.328 e. The number of aromatic nitrogens is 2. The molecule has 33 heavy (non-hydrogen) atoms. The molecule has 4 rings (SSSR count). The van der Waals surface area contributed by atoms with E-state index in [0.717, 1.165) is 49.9 Å². The van der Waals surface area contributed by atoms with Crippen LogP contribution in [0, 0.1) is 5.92 Å². The Morgan fingerprint density at radius 2 is 1.76 bits per heavy atom. The summed E-state index contributed by atoms with van der Waals surface area (Å²) in [5.74, 6) is 0.559.